The van der Waals surface area contributed by atoms with Crippen molar-refractivity contribution in [2.75, 3.05) is 6.54 Å². The maximum absolute atomic E-state index is 11.1. The fourth-order valence-electron chi connectivity index (χ4n) is 0.944. The lowest BCUT2D eigenvalue weighted by atomic mass is 10.1. The van der Waals surface area contributed by atoms with Crippen molar-refractivity contribution >= 4 is 5.97 Å². The molecular formula is C10H19NO2. The van der Waals surface area contributed by atoms with Crippen molar-refractivity contribution in [1.82, 2.24) is 0 Å². The third kappa shape index (κ3) is 5.42. The minimum absolute atomic E-state index is 0.00671. The molecule has 0 aliphatic heterocycles. The second-order valence-electron chi connectivity index (χ2n) is 3.15. The van der Waals surface area contributed by atoms with Gasteiger partial charge in [-0.25, -0.2) is 4.79 Å². The zero-order chi connectivity index (χ0) is 10.3. The van der Waals surface area contributed by atoms with Gasteiger partial charge in [0.05, 0.1) is 0 Å². The Morgan fingerprint density at radius 1 is 1.62 bits per heavy atom. The summed E-state index contributed by atoms with van der Waals surface area (Å²) in [7, 11) is 0. The quantitative estimate of drug-likeness (QED) is 0.505. The number of esters is 1. The lowest BCUT2D eigenvalue weighted by Crippen LogP contribution is -2.18. The van der Waals surface area contributed by atoms with E-state index in [-0.39, 0.29) is 12.1 Å². The third-order valence-electron chi connectivity index (χ3n) is 1.81. The van der Waals surface area contributed by atoms with Gasteiger partial charge in [-0.05, 0) is 32.7 Å². The van der Waals surface area contributed by atoms with Gasteiger partial charge in [0.2, 0.25) is 0 Å². The van der Waals surface area contributed by atoms with Crippen LogP contribution in [0.25, 0.3) is 0 Å². The van der Waals surface area contributed by atoms with Crippen LogP contribution in [0.1, 0.15) is 33.1 Å². The zero-order valence-corrected chi connectivity index (χ0v) is 8.51. The molecule has 0 saturated carbocycles. The van der Waals surface area contributed by atoms with Crippen LogP contribution >= 0.6 is 0 Å². The van der Waals surface area contributed by atoms with Crippen molar-refractivity contribution in [3.63, 3.8) is 0 Å². The van der Waals surface area contributed by atoms with Gasteiger partial charge in [0.25, 0.3) is 0 Å². The van der Waals surface area contributed by atoms with Gasteiger partial charge in [-0.3, -0.25) is 0 Å². The van der Waals surface area contributed by atoms with E-state index in [2.05, 4.69) is 6.58 Å². The van der Waals surface area contributed by atoms with Crippen LogP contribution in [0.2, 0.25) is 0 Å². The third-order valence-corrected chi connectivity index (χ3v) is 1.81. The Kier molecular flexibility index (Phi) is 6.24. The Morgan fingerprint density at radius 3 is 2.62 bits per heavy atom. The number of nitrogens with two attached hydrogens (primary N) is 1. The summed E-state index contributed by atoms with van der Waals surface area (Å²) in [6, 6.07) is 0. The van der Waals surface area contributed by atoms with Gasteiger partial charge in [0.15, 0.2) is 0 Å². The number of hydrogen-bond donors (Lipinski definition) is 1. The molecule has 0 saturated heterocycles. The van der Waals surface area contributed by atoms with Crippen LogP contribution in [-0.2, 0) is 9.53 Å². The van der Waals surface area contributed by atoms with Crippen LogP contribution < -0.4 is 5.73 Å². The molecule has 0 aromatic heterocycles. The number of ether oxygens (including phenoxy) is 1. The molecule has 0 bridgehead atoms. The van der Waals surface area contributed by atoms with E-state index < -0.39 is 0 Å². The normalized spacial score (nSPS) is 12.2. The van der Waals surface area contributed by atoms with Crippen LogP contribution in [0.3, 0.4) is 0 Å². The summed E-state index contributed by atoms with van der Waals surface area (Å²) >= 11 is 0. The summed E-state index contributed by atoms with van der Waals surface area (Å²) in [5.74, 6) is -0.302. The summed E-state index contributed by atoms with van der Waals surface area (Å²) in [6.45, 7) is 7.81. The molecule has 76 valence electrons. The van der Waals surface area contributed by atoms with E-state index in [1.807, 2.05) is 6.92 Å². The molecule has 0 aliphatic carbocycles. The summed E-state index contributed by atoms with van der Waals surface area (Å²) < 4.78 is 5.17. The van der Waals surface area contributed by atoms with Gasteiger partial charge in [0, 0.05) is 5.57 Å². The predicted molar refractivity (Wildman–Crippen MR) is 53.3 cm³/mol. The van der Waals surface area contributed by atoms with Crippen LogP contribution in [0.4, 0.5) is 0 Å². The Bertz CT molecular complexity index is 178. The second-order valence-corrected chi connectivity index (χ2v) is 3.15. The summed E-state index contributed by atoms with van der Waals surface area (Å²) in [5, 5.41) is 0. The molecule has 3 heteroatoms. The van der Waals surface area contributed by atoms with E-state index in [0.29, 0.717) is 12.1 Å². The minimum atomic E-state index is -0.302. The first-order valence-electron chi connectivity index (χ1n) is 4.68. The zero-order valence-electron chi connectivity index (χ0n) is 8.51. The topological polar surface area (TPSA) is 52.3 Å². The Hall–Kier alpha value is -0.830. The standard InChI is InChI=1S/C10H19NO2/c1-4-9(6-5-7-11)13-10(12)8(2)3/h9H,2,4-7,11H2,1,3H3. The van der Waals surface area contributed by atoms with E-state index in [4.69, 9.17) is 10.5 Å². The Labute approximate surface area is 79.9 Å². The van der Waals surface area contributed by atoms with Gasteiger partial charge < -0.3 is 10.5 Å². The molecule has 2 N–H and O–H groups in total. The number of hydrogen-bond acceptors (Lipinski definition) is 3. The van der Waals surface area contributed by atoms with Crippen LogP contribution in [0.15, 0.2) is 12.2 Å². The lowest BCUT2D eigenvalue weighted by molar-refractivity contribution is -0.144. The van der Waals surface area contributed by atoms with Crippen molar-refractivity contribution in [1.29, 1.82) is 0 Å². The monoisotopic (exact) mass is 185 g/mol. The summed E-state index contributed by atoms with van der Waals surface area (Å²) in [4.78, 5) is 11.1. The van der Waals surface area contributed by atoms with Crippen molar-refractivity contribution in [2.45, 2.75) is 39.2 Å². The Morgan fingerprint density at radius 2 is 2.23 bits per heavy atom. The van der Waals surface area contributed by atoms with E-state index in [0.717, 1.165) is 19.3 Å². The van der Waals surface area contributed by atoms with E-state index in [1.165, 1.54) is 0 Å². The molecule has 0 heterocycles. The van der Waals surface area contributed by atoms with Gasteiger partial charge in [0.1, 0.15) is 6.10 Å². The van der Waals surface area contributed by atoms with Crippen LogP contribution in [0.5, 0.6) is 0 Å². The largest absolute Gasteiger partial charge is 0.459 e. The van der Waals surface area contributed by atoms with Gasteiger partial charge >= 0.3 is 5.97 Å². The molecule has 1 atom stereocenters. The van der Waals surface area contributed by atoms with Gasteiger partial charge in [-0.15, -0.1) is 0 Å². The fraction of sp³-hybridized carbons (Fsp3) is 0.700. The predicted octanol–water partition coefficient (Wildman–Crippen LogP) is 1.62. The molecule has 0 fully saturated rings. The maximum Gasteiger partial charge on any atom is 0.333 e. The molecule has 0 aromatic rings. The highest BCUT2D eigenvalue weighted by Gasteiger charge is 2.11. The minimum Gasteiger partial charge on any atom is -0.459 e. The SMILES string of the molecule is C=C(C)C(=O)OC(CC)CCCN. The molecule has 0 aliphatic rings. The van der Waals surface area contributed by atoms with Gasteiger partial charge in [-0.2, -0.15) is 0 Å². The number of carbonyl (C=O) groups excluding carboxylic acids is 1. The van der Waals surface area contributed by atoms with E-state index in [9.17, 15) is 4.79 Å². The molecule has 0 radical (unpaired) electrons. The first-order chi connectivity index (χ1) is 6.11. The molecule has 13 heavy (non-hydrogen) atoms. The van der Waals surface area contributed by atoms with Crippen molar-refractivity contribution in [3.8, 4) is 0 Å². The molecule has 0 spiro atoms. The number of carbonyl (C=O) groups is 1. The average Bonchev–Trinajstić information content (AvgIpc) is 2.11. The molecular weight excluding hydrogens is 166 g/mol. The number of rotatable bonds is 6. The highest BCUT2D eigenvalue weighted by atomic mass is 16.5. The van der Waals surface area contributed by atoms with Gasteiger partial charge in [-0.1, -0.05) is 13.5 Å². The van der Waals surface area contributed by atoms with Crippen molar-refractivity contribution in [3.05, 3.63) is 12.2 Å². The van der Waals surface area contributed by atoms with Crippen molar-refractivity contribution < 1.29 is 9.53 Å². The molecule has 3 nitrogen and oxygen atoms in total. The molecule has 1 unspecified atom stereocenters. The molecule has 0 aromatic carbocycles. The summed E-state index contributed by atoms with van der Waals surface area (Å²) in [5.41, 5.74) is 5.81. The van der Waals surface area contributed by atoms with Crippen molar-refractivity contribution in [2.24, 2.45) is 5.73 Å². The maximum atomic E-state index is 11.1. The van der Waals surface area contributed by atoms with Crippen LogP contribution in [-0.4, -0.2) is 18.6 Å². The summed E-state index contributed by atoms with van der Waals surface area (Å²) in [6.07, 6.45) is 2.56. The molecule has 0 rings (SSSR count). The first-order valence-corrected chi connectivity index (χ1v) is 4.68. The average molecular weight is 185 g/mol. The highest BCUT2D eigenvalue weighted by Crippen LogP contribution is 2.08. The van der Waals surface area contributed by atoms with E-state index >= 15 is 0 Å². The lowest BCUT2D eigenvalue weighted by Gasteiger charge is -2.15. The smallest absolute Gasteiger partial charge is 0.333 e. The van der Waals surface area contributed by atoms with E-state index in [1.54, 1.807) is 6.92 Å². The highest BCUT2D eigenvalue weighted by molar-refractivity contribution is 5.87. The van der Waals surface area contributed by atoms with Crippen LogP contribution in [0, 0.1) is 0 Å². The fourth-order valence-corrected chi connectivity index (χ4v) is 0.944. The molecule has 0 amide bonds. The Balaban J connectivity index is 3.83. The second kappa shape index (κ2) is 6.66. The first kappa shape index (κ1) is 12.2.